The van der Waals surface area contributed by atoms with Gasteiger partial charge in [0.15, 0.2) is 23.0 Å². The van der Waals surface area contributed by atoms with Gasteiger partial charge in [-0.05, 0) is 30.7 Å². The Balaban J connectivity index is 2.11. The first-order valence-electron chi connectivity index (χ1n) is 7.36. The maximum atomic E-state index is 13.9. The highest BCUT2D eigenvalue weighted by molar-refractivity contribution is 5.95. The van der Waals surface area contributed by atoms with Crippen LogP contribution in [0.5, 0.6) is 5.75 Å². The molecule has 5 nitrogen and oxygen atoms in total. The van der Waals surface area contributed by atoms with Crippen LogP contribution in [0.15, 0.2) is 36.5 Å². The second-order valence-electron chi connectivity index (χ2n) is 5.15. The van der Waals surface area contributed by atoms with Gasteiger partial charge in [0.25, 0.3) is 0 Å². The van der Waals surface area contributed by atoms with Crippen molar-refractivity contribution in [1.29, 1.82) is 0 Å². The van der Waals surface area contributed by atoms with Crippen molar-refractivity contribution in [3.8, 4) is 17.0 Å². The van der Waals surface area contributed by atoms with Crippen LogP contribution in [0.4, 0.5) is 4.39 Å². The van der Waals surface area contributed by atoms with Crippen LogP contribution >= 0.6 is 0 Å². The van der Waals surface area contributed by atoms with Crippen LogP contribution in [0, 0.1) is 5.82 Å². The van der Waals surface area contributed by atoms with Gasteiger partial charge in [0.1, 0.15) is 5.69 Å². The molecule has 0 amide bonds. The van der Waals surface area contributed by atoms with Gasteiger partial charge in [-0.2, -0.15) is 5.10 Å². The minimum Gasteiger partial charge on any atom is -0.494 e. The summed E-state index contributed by atoms with van der Waals surface area (Å²) < 4.78 is 20.4. The highest BCUT2D eigenvalue weighted by Crippen LogP contribution is 2.25. The molecular weight excluding hydrogens is 297 g/mol. The van der Waals surface area contributed by atoms with E-state index in [2.05, 4.69) is 10.1 Å². The summed E-state index contributed by atoms with van der Waals surface area (Å²) in [5.74, 6) is -0.299. The molecule has 0 N–H and O–H groups in total. The second kappa shape index (κ2) is 6.16. The normalized spacial score (nSPS) is 10.9. The summed E-state index contributed by atoms with van der Waals surface area (Å²) in [5, 5.41) is 4.33. The van der Waals surface area contributed by atoms with Crippen molar-refractivity contribution in [2.45, 2.75) is 19.8 Å². The number of ketones is 1. The molecule has 3 rings (SSSR count). The quantitative estimate of drug-likeness (QED) is 0.676. The van der Waals surface area contributed by atoms with E-state index in [1.807, 2.05) is 6.92 Å². The molecule has 0 bridgehead atoms. The highest BCUT2D eigenvalue weighted by atomic mass is 19.1. The first-order valence-corrected chi connectivity index (χ1v) is 7.36. The second-order valence-corrected chi connectivity index (χ2v) is 5.15. The number of benzene rings is 1. The van der Waals surface area contributed by atoms with Gasteiger partial charge in [0.05, 0.1) is 12.8 Å². The summed E-state index contributed by atoms with van der Waals surface area (Å²) in [6.45, 7) is 1.94. The SMILES string of the molecule is CCCC(=O)c1cc2nccc(-c3ccc(OC)c(F)c3)n2n1. The van der Waals surface area contributed by atoms with Crippen molar-refractivity contribution < 1.29 is 13.9 Å². The number of nitrogens with zero attached hydrogens (tertiary/aromatic N) is 3. The lowest BCUT2D eigenvalue weighted by atomic mass is 10.1. The third kappa shape index (κ3) is 2.79. The lowest BCUT2D eigenvalue weighted by Crippen LogP contribution is -2.01. The Morgan fingerprint density at radius 2 is 2.13 bits per heavy atom. The molecule has 0 unspecified atom stereocenters. The average Bonchev–Trinajstić information content (AvgIpc) is 2.99. The van der Waals surface area contributed by atoms with Crippen molar-refractivity contribution in [2.24, 2.45) is 0 Å². The molecule has 0 aliphatic heterocycles. The fourth-order valence-electron chi connectivity index (χ4n) is 2.43. The van der Waals surface area contributed by atoms with Crippen molar-refractivity contribution >= 4 is 11.4 Å². The summed E-state index contributed by atoms with van der Waals surface area (Å²) in [6, 6.07) is 8.06. The number of halogens is 1. The smallest absolute Gasteiger partial charge is 0.183 e. The summed E-state index contributed by atoms with van der Waals surface area (Å²) in [5.41, 5.74) is 2.22. The molecule has 2 heterocycles. The molecule has 23 heavy (non-hydrogen) atoms. The zero-order chi connectivity index (χ0) is 16.4. The summed E-state index contributed by atoms with van der Waals surface area (Å²) in [7, 11) is 1.42. The van der Waals surface area contributed by atoms with Crippen molar-refractivity contribution in [3.63, 3.8) is 0 Å². The monoisotopic (exact) mass is 313 g/mol. The Bertz CT molecular complexity index is 873. The van der Waals surface area contributed by atoms with Gasteiger partial charge >= 0.3 is 0 Å². The molecule has 118 valence electrons. The zero-order valence-corrected chi connectivity index (χ0v) is 12.9. The van der Waals surface area contributed by atoms with Gasteiger partial charge in [-0.3, -0.25) is 4.79 Å². The molecule has 1 aromatic carbocycles. The van der Waals surface area contributed by atoms with Crippen LogP contribution in [0.25, 0.3) is 16.9 Å². The van der Waals surface area contributed by atoms with E-state index in [-0.39, 0.29) is 11.5 Å². The largest absolute Gasteiger partial charge is 0.494 e. The Morgan fingerprint density at radius 1 is 1.30 bits per heavy atom. The molecule has 0 spiro atoms. The van der Waals surface area contributed by atoms with E-state index in [0.29, 0.717) is 29.0 Å². The molecule has 0 aliphatic carbocycles. The van der Waals surface area contributed by atoms with Crippen molar-refractivity contribution in [2.75, 3.05) is 7.11 Å². The van der Waals surface area contributed by atoms with Crippen molar-refractivity contribution in [1.82, 2.24) is 14.6 Å². The Hall–Kier alpha value is -2.76. The lowest BCUT2D eigenvalue weighted by molar-refractivity contribution is 0.0976. The van der Waals surface area contributed by atoms with E-state index < -0.39 is 5.82 Å². The van der Waals surface area contributed by atoms with Gasteiger partial charge < -0.3 is 4.74 Å². The van der Waals surface area contributed by atoms with E-state index in [9.17, 15) is 9.18 Å². The minimum absolute atomic E-state index is 0.0233. The molecule has 0 atom stereocenters. The van der Waals surface area contributed by atoms with Crippen LogP contribution in [-0.4, -0.2) is 27.5 Å². The molecular formula is C17H16FN3O2. The van der Waals surface area contributed by atoms with Crippen LogP contribution in [0.2, 0.25) is 0 Å². The first-order chi connectivity index (χ1) is 11.1. The van der Waals surface area contributed by atoms with Gasteiger partial charge in [0.2, 0.25) is 0 Å². The first kappa shape index (κ1) is 15.1. The number of rotatable bonds is 5. The number of hydrogen-bond acceptors (Lipinski definition) is 4. The summed E-state index contributed by atoms with van der Waals surface area (Å²) in [6.07, 6.45) is 2.82. The maximum Gasteiger partial charge on any atom is 0.183 e. The molecule has 0 saturated heterocycles. The molecule has 0 radical (unpaired) electrons. The standard InChI is InChI=1S/C17H16FN3O2/c1-3-4-15(22)13-10-17-19-8-7-14(21(17)20-13)11-5-6-16(23-2)12(18)9-11/h5-10H,3-4H2,1-2H3. The molecule has 0 saturated carbocycles. The number of fused-ring (bicyclic) bond motifs is 1. The summed E-state index contributed by atoms with van der Waals surface area (Å²) >= 11 is 0. The zero-order valence-electron chi connectivity index (χ0n) is 12.9. The number of carbonyl (C=O) groups excluding carboxylic acids is 1. The molecule has 0 fully saturated rings. The summed E-state index contributed by atoms with van der Waals surface area (Å²) in [4.78, 5) is 16.2. The number of hydrogen-bond donors (Lipinski definition) is 0. The van der Waals surface area contributed by atoms with E-state index in [0.717, 1.165) is 6.42 Å². The topological polar surface area (TPSA) is 56.5 Å². The number of methoxy groups -OCH3 is 1. The van der Waals surface area contributed by atoms with Gasteiger partial charge in [-0.1, -0.05) is 6.92 Å². The van der Waals surface area contributed by atoms with E-state index >= 15 is 0 Å². The van der Waals surface area contributed by atoms with Crippen LogP contribution in [0.3, 0.4) is 0 Å². The van der Waals surface area contributed by atoms with E-state index in [1.165, 1.54) is 13.2 Å². The lowest BCUT2D eigenvalue weighted by Gasteiger charge is -2.07. The fraction of sp³-hybridized carbons (Fsp3) is 0.235. The Labute approximate surface area is 132 Å². The molecule has 3 aromatic rings. The van der Waals surface area contributed by atoms with Crippen LogP contribution < -0.4 is 4.74 Å². The van der Waals surface area contributed by atoms with Crippen molar-refractivity contribution in [3.05, 3.63) is 48.0 Å². The number of carbonyl (C=O) groups is 1. The fourth-order valence-corrected chi connectivity index (χ4v) is 2.43. The predicted molar refractivity (Wildman–Crippen MR) is 84.2 cm³/mol. The van der Waals surface area contributed by atoms with Gasteiger partial charge in [-0.25, -0.2) is 13.9 Å². The third-order valence-corrected chi connectivity index (χ3v) is 3.57. The maximum absolute atomic E-state index is 13.9. The molecule has 6 heteroatoms. The molecule has 2 aromatic heterocycles. The number of ether oxygens (including phenoxy) is 1. The number of Topliss-reactive ketones (excluding diaryl/α,β-unsaturated/α-hetero) is 1. The third-order valence-electron chi connectivity index (χ3n) is 3.57. The highest BCUT2D eigenvalue weighted by Gasteiger charge is 2.14. The van der Waals surface area contributed by atoms with E-state index in [4.69, 9.17) is 4.74 Å². The molecule has 0 aliphatic rings. The van der Waals surface area contributed by atoms with Gasteiger partial charge in [-0.15, -0.1) is 0 Å². The average molecular weight is 313 g/mol. The van der Waals surface area contributed by atoms with Gasteiger partial charge in [0, 0.05) is 24.2 Å². The minimum atomic E-state index is -0.454. The Morgan fingerprint density at radius 3 is 2.83 bits per heavy atom. The Kier molecular flexibility index (Phi) is 4.06. The van der Waals surface area contributed by atoms with Crippen LogP contribution in [0.1, 0.15) is 30.3 Å². The van der Waals surface area contributed by atoms with E-state index in [1.54, 1.807) is 35.0 Å². The predicted octanol–water partition coefficient (Wildman–Crippen LogP) is 3.53. The van der Waals surface area contributed by atoms with Crippen LogP contribution in [-0.2, 0) is 0 Å². The number of aromatic nitrogens is 3.